The molecule has 0 unspecified atom stereocenters. The van der Waals surface area contributed by atoms with Crippen LogP contribution in [0.5, 0.6) is 5.75 Å². The lowest BCUT2D eigenvalue weighted by Crippen LogP contribution is -2.50. The van der Waals surface area contributed by atoms with Crippen LogP contribution in [0.1, 0.15) is 11.1 Å². The van der Waals surface area contributed by atoms with E-state index in [-0.39, 0.29) is 11.8 Å². The summed E-state index contributed by atoms with van der Waals surface area (Å²) in [5.41, 5.74) is 3.79. The highest BCUT2D eigenvalue weighted by atomic mass is 32.1. The van der Waals surface area contributed by atoms with Crippen molar-refractivity contribution in [1.82, 2.24) is 20.0 Å². The molecule has 0 spiro atoms. The van der Waals surface area contributed by atoms with Crippen LogP contribution in [0, 0.1) is 0 Å². The molecule has 1 fully saturated rings. The van der Waals surface area contributed by atoms with Gasteiger partial charge in [0.1, 0.15) is 11.3 Å². The second-order valence-corrected chi connectivity index (χ2v) is 7.50. The summed E-state index contributed by atoms with van der Waals surface area (Å²) in [7, 11) is 0. The van der Waals surface area contributed by atoms with E-state index in [1.54, 1.807) is 5.51 Å². The third-order valence-electron chi connectivity index (χ3n) is 4.81. The van der Waals surface area contributed by atoms with Gasteiger partial charge in [-0.2, -0.15) is 0 Å². The maximum Gasteiger partial charge on any atom is 0.240 e. The van der Waals surface area contributed by atoms with Gasteiger partial charge in [-0.25, -0.2) is 0 Å². The molecule has 1 N–H and O–H groups in total. The normalized spacial score (nSPS) is 16.7. The Balaban J connectivity index is 1.24. The highest BCUT2D eigenvalue weighted by Gasteiger charge is 2.23. The number of anilines is 1. The van der Waals surface area contributed by atoms with Crippen molar-refractivity contribution in [3.63, 3.8) is 0 Å². The van der Waals surface area contributed by atoms with E-state index in [4.69, 9.17) is 4.74 Å². The minimum absolute atomic E-state index is 0.105. The summed E-state index contributed by atoms with van der Waals surface area (Å²) in [6.45, 7) is 3.67. The largest absolute Gasteiger partial charge is 0.493 e. The van der Waals surface area contributed by atoms with Gasteiger partial charge in [0.15, 0.2) is 0 Å². The molecule has 2 aliphatic rings. The van der Waals surface area contributed by atoms with Crippen molar-refractivity contribution in [2.45, 2.75) is 12.8 Å². The summed E-state index contributed by atoms with van der Waals surface area (Å²) in [6, 6.07) is 6.00. The van der Waals surface area contributed by atoms with Crippen LogP contribution in [0.4, 0.5) is 5.13 Å². The number of ether oxygens (including phenoxy) is 1. The minimum atomic E-state index is -0.105. The van der Waals surface area contributed by atoms with E-state index in [0.29, 0.717) is 44.3 Å². The van der Waals surface area contributed by atoms with Crippen molar-refractivity contribution in [1.29, 1.82) is 0 Å². The molecule has 0 radical (unpaired) electrons. The van der Waals surface area contributed by atoms with Crippen LogP contribution >= 0.6 is 11.3 Å². The molecule has 0 bridgehead atoms. The van der Waals surface area contributed by atoms with E-state index in [9.17, 15) is 9.59 Å². The number of nitrogens with zero attached hydrogens (tertiary/aromatic N) is 4. The number of amides is 2. The summed E-state index contributed by atoms with van der Waals surface area (Å²) >= 11 is 1.29. The van der Waals surface area contributed by atoms with Crippen LogP contribution in [-0.4, -0.2) is 71.1 Å². The first-order valence-corrected chi connectivity index (χ1v) is 9.86. The molecule has 9 heteroatoms. The third-order valence-corrected chi connectivity index (χ3v) is 5.41. The number of piperazine rings is 1. The van der Waals surface area contributed by atoms with Crippen molar-refractivity contribution in [3.8, 4) is 5.75 Å². The first kappa shape index (κ1) is 17.9. The fourth-order valence-electron chi connectivity index (χ4n) is 3.38. The highest BCUT2D eigenvalue weighted by molar-refractivity contribution is 7.13. The topological polar surface area (TPSA) is 87.7 Å². The number of benzene rings is 1. The monoisotopic (exact) mass is 387 g/mol. The second-order valence-electron chi connectivity index (χ2n) is 6.67. The SMILES string of the molecule is O=C(CN1CCN(C(=O)Cc2ccc3c(c2)CCO3)CC1)Nc1nncs1. The molecule has 1 aromatic heterocycles. The summed E-state index contributed by atoms with van der Waals surface area (Å²) in [4.78, 5) is 28.5. The number of carbonyl (C=O) groups excluding carboxylic acids is 2. The van der Waals surface area contributed by atoms with E-state index in [0.717, 1.165) is 24.3 Å². The third kappa shape index (κ3) is 4.42. The molecule has 8 nitrogen and oxygen atoms in total. The summed E-state index contributed by atoms with van der Waals surface area (Å²) in [6.07, 6.45) is 1.32. The number of fused-ring (bicyclic) bond motifs is 1. The Labute approximate surface area is 161 Å². The first-order chi connectivity index (χ1) is 13.2. The van der Waals surface area contributed by atoms with Crippen molar-refractivity contribution in [2.24, 2.45) is 0 Å². The van der Waals surface area contributed by atoms with E-state index >= 15 is 0 Å². The van der Waals surface area contributed by atoms with Crippen molar-refractivity contribution >= 4 is 28.3 Å². The predicted molar refractivity (Wildman–Crippen MR) is 101 cm³/mol. The molecule has 4 rings (SSSR count). The van der Waals surface area contributed by atoms with Crippen LogP contribution in [-0.2, 0) is 22.4 Å². The first-order valence-electron chi connectivity index (χ1n) is 8.98. The molecule has 1 aromatic carbocycles. The molecule has 0 atom stereocenters. The van der Waals surface area contributed by atoms with Crippen molar-refractivity contribution < 1.29 is 14.3 Å². The molecule has 2 amide bonds. The standard InChI is InChI=1S/C18H21N5O3S/c24-16(20-18-21-19-12-27-18)11-22-4-6-23(7-5-22)17(25)10-13-1-2-15-14(9-13)3-8-26-15/h1-2,9,12H,3-8,10-11H2,(H,20,21,24). The zero-order valence-electron chi connectivity index (χ0n) is 14.9. The molecular weight excluding hydrogens is 366 g/mol. The van der Waals surface area contributed by atoms with Gasteiger partial charge in [-0.15, -0.1) is 10.2 Å². The van der Waals surface area contributed by atoms with E-state index in [2.05, 4.69) is 21.6 Å². The number of hydrogen-bond acceptors (Lipinski definition) is 7. The van der Waals surface area contributed by atoms with Crippen LogP contribution < -0.4 is 10.1 Å². The molecule has 3 heterocycles. The Kier molecular flexibility index (Phi) is 5.30. The van der Waals surface area contributed by atoms with Gasteiger partial charge in [0.25, 0.3) is 0 Å². The number of carbonyl (C=O) groups is 2. The Morgan fingerprint density at radius 3 is 2.85 bits per heavy atom. The van der Waals surface area contributed by atoms with Gasteiger partial charge in [0, 0.05) is 32.6 Å². The highest BCUT2D eigenvalue weighted by Crippen LogP contribution is 2.26. The average Bonchev–Trinajstić information content (AvgIpc) is 3.33. The van der Waals surface area contributed by atoms with E-state index < -0.39 is 0 Å². The molecule has 2 aliphatic heterocycles. The van der Waals surface area contributed by atoms with Gasteiger partial charge < -0.3 is 9.64 Å². The average molecular weight is 387 g/mol. The van der Waals surface area contributed by atoms with Crippen LogP contribution in [0.15, 0.2) is 23.7 Å². The van der Waals surface area contributed by atoms with Gasteiger partial charge in [-0.3, -0.25) is 19.8 Å². The quantitative estimate of drug-likeness (QED) is 0.817. The fourth-order valence-corrected chi connectivity index (χ4v) is 3.84. The molecule has 0 aliphatic carbocycles. The number of nitrogens with one attached hydrogen (secondary N) is 1. The number of rotatable bonds is 5. The second kappa shape index (κ2) is 8.01. The Morgan fingerprint density at radius 1 is 1.22 bits per heavy atom. The molecule has 2 aromatic rings. The smallest absolute Gasteiger partial charge is 0.240 e. The zero-order chi connectivity index (χ0) is 18.6. The van der Waals surface area contributed by atoms with E-state index in [1.165, 1.54) is 16.9 Å². The Morgan fingerprint density at radius 2 is 2.07 bits per heavy atom. The minimum Gasteiger partial charge on any atom is -0.493 e. The summed E-state index contributed by atoms with van der Waals surface area (Å²) < 4.78 is 5.51. The van der Waals surface area contributed by atoms with Crippen LogP contribution in [0.25, 0.3) is 0 Å². The summed E-state index contributed by atoms with van der Waals surface area (Å²) in [5.74, 6) is 0.963. The number of hydrogen-bond donors (Lipinski definition) is 1. The molecule has 142 valence electrons. The lowest BCUT2D eigenvalue weighted by molar-refractivity contribution is -0.132. The van der Waals surface area contributed by atoms with E-state index in [1.807, 2.05) is 21.9 Å². The van der Waals surface area contributed by atoms with Gasteiger partial charge in [0.05, 0.1) is 19.6 Å². The lowest BCUT2D eigenvalue weighted by Gasteiger charge is -2.34. The number of aromatic nitrogens is 2. The Bertz CT molecular complexity index is 818. The maximum atomic E-state index is 12.6. The van der Waals surface area contributed by atoms with Gasteiger partial charge in [-0.1, -0.05) is 23.5 Å². The molecule has 1 saturated heterocycles. The predicted octanol–water partition coefficient (Wildman–Crippen LogP) is 0.798. The van der Waals surface area contributed by atoms with Crippen LogP contribution in [0.3, 0.4) is 0 Å². The maximum absolute atomic E-state index is 12.6. The fraction of sp³-hybridized carbons (Fsp3) is 0.444. The molecule has 0 saturated carbocycles. The summed E-state index contributed by atoms with van der Waals surface area (Å²) in [5, 5.41) is 10.7. The lowest BCUT2D eigenvalue weighted by atomic mass is 10.1. The van der Waals surface area contributed by atoms with Crippen molar-refractivity contribution in [2.75, 3.05) is 44.6 Å². The van der Waals surface area contributed by atoms with Crippen LogP contribution in [0.2, 0.25) is 0 Å². The molecule has 27 heavy (non-hydrogen) atoms. The van der Waals surface area contributed by atoms with Gasteiger partial charge >= 0.3 is 0 Å². The molecular formula is C18H21N5O3S. The van der Waals surface area contributed by atoms with Gasteiger partial charge in [0.2, 0.25) is 16.9 Å². The van der Waals surface area contributed by atoms with Gasteiger partial charge in [-0.05, 0) is 17.2 Å². The zero-order valence-corrected chi connectivity index (χ0v) is 15.7. The van der Waals surface area contributed by atoms with Crippen molar-refractivity contribution in [3.05, 3.63) is 34.8 Å². The Hall–Kier alpha value is -2.52.